The van der Waals surface area contributed by atoms with Crippen LogP contribution in [0.2, 0.25) is 0 Å². The highest BCUT2D eigenvalue weighted by Crippen LogP contribution is 1.97. The van der Waals surface area contributed by atoms with Crippen LogP contribution in [0.15, 0.2) is 18.5 Å². The lowest BCUT2D eigenvalue weighted by atomic mass is 10.2. The quantitative estimate of drug-likeness (QED) is 0.536. The maximum Gasteiger partial charge on any atom is 0.0489 e. The van der Waals surface area contributed by atoms with Crippen LogP contribution in [-0.2, 0) is 6.54 Å². The normalized spacial score (nSPS) is 12.2. The van der Waals surface area contributed by atoms with Crippen LogP contribution in [0.3, 0.4) is 0 Å². The molecule has 1 aromatic heterocycles. The molecule has 1 aromatic rings. The minimum Gasteiger partial charge on any atom is -0.314 e. The van der Waals surface area contributed by atoms with Gasteiger partial charge in [0.15, 0.2) is 0 Å². The van der Waals surface area contributed by atoms with Crippen LogP contribution >= 0.6 is 0 Å². The Bertz CT molecular complexity index is 297. The van der Waals surface area contributed by atoms with Crippen LogP contribution in [0.1, 0.15) is 32.6 Å². The Morgan fingerprint density at radius 3 is 3.06 bits per heavy atom. The number of nitrogens with zero attached hydrogens (tertiary/aromatic N) is 2. The third-order valence-electron chi connectivity index (χ3n) is 2.59. The molecule has 0 fully saturated rings. The van der Waals surface area contributed by atoms with Gasteiger partial charge < -0.3 is 5.32 Å². The van der Waals surface area contributed by atoms with Gasteiger partial charge in [-0.2, -0.15) is 5.10 Å². The highest BCUT2D eigenvalue weighted by atomic mass is 15.3. The molecule has 0 saturated heterocycles. The molecular weight excluding hydrogens is 198 g/mol. The number of nitrogens with one attached hydrogen (secondary N) is 1. The van der Waals surface area contributed by atoms with Gasteiger partial charge in [-0.15, -0.1) is 12.3 Å². The van der Waals surface area contributed by atoms with Gasteiger partial charge >= 0.3 is 0 Å². The molecule has 1 atom stereocenters. The monoisotopic (exact) mass is 219 g/mol. The van der Waals surface area contributed by atoms with E-state index in [0.29, 0.717) is 6.04 Å². The maximum atomic E-state index is 5.19. The largest absolute Gasteiger partial charge is 0.314 e. The molecule has 1 N–H and O–H groups in total. The Hall–Kier alpha value is -1.27. The van der Waals surface area contributed by atoms with E-state index in [0.717, 1.165) is 38.8 Å². The van der Waals surface area contributed by atoms with Crippen molar-refractivity contribution in [3.05, 3.63) is 18.5 Å². The number of hydrogen-bond acceptors (Lipinski definition) is 2. The molecule has 1 rings (SSSR count). The van der Waals surface area contributed by atoms with E-state index in [-0.39, 0.29) is 0 Å². The van der Waals surface area contributed by atoms with Crippen LogP contribution in [0.5, 0.6) is 0 Å². The minimum atomic E-state index is 0.537. The highest BCUT2D eigenvalue weighted by molar-refractivity contribution is 4.83. The predicted octanol–water partition coefficient (Wildman–Crippen LogP) is 2.05. The van der Waals surface area contributed by atoms with Crippen LogP contribution in [0.25, 0.3) is 0 Å². The first-order chi connectivity index (χ1) is 7.83. The Labute approximate surface area is 98.2 Å². The maximum absolute atomic E-state index is 5.19. The van der Waals surface area contributed by atoms with Crippen molar-refractivity contribution in [1.29, 1.82) is 0 Å². The fraction of sp³-hybridized carbons (Fsp3) is 0.615. The van der Waals surface area contributed by atoms with E-state index in [1.165, 1.54) is 0 Å². The summed E-state index contributed by atoms with van der Waals surface area (Å²) in [5.41, 5.74) is 0. The molecule has 0 amide bonds. The number of aryl methyl sites for hydroxylation is 1. The summed E-state index contributed by atoms with van der Waals surface area (Å²) >= 11 is 0. The lowest BCUT2D eigenvalue weighted by Gasteiger charge is -2.13. The van der Waals surface area contributed by atoms with Crippen molar-refractivity contribution in [2.24, 2.45) is 0 Å². The standard InChI is InChI=1S/C13H21N3/c1-3-4-5-6-9-14-13(2)8-12-16-11-7-10-15-16/h1,7,10-11,13-14H,4-6,8-9,12H2,2H3. The van der Waals surface area contributed by atoms with Crippen molar-refractivity contribution in [3.8, 4) is 12.3 Å². The van der Waals surface area contributed by atoms with Gasteiger partial charge in [0.1, 0.15) is 0 Å². The van der Waals surface area contributed by atoms with Crippen molar-refractivity contribution in [2.75, 3.05) is 6.54 Å². The third kappa shape index (κ3) is 5.57. The smallest absolute Gasteiger partial charge is 0.0489 e. The van der Waals surface area contributed by atoms with Crippen molar-refractivity contribution in [1.82, 2.24) is 15.1 Å². The number of hydrogen-bond donors (Lipinski definition) is 1. The summed E-state index contributed by atoms with van der Waals surface area (Å²) in [4.78, 5) is 0. The number of unbranched alkanes of at least 4 members (excludes halogenated alkanes) is 2. The number of aromatic nitrogens is 2. The lowest BCUT2D eigenvalue weighted by Crippen LogP contribution is -2.28. The van der Waals surface area contributed by atoms with Crippen LogP contribution in [0.4, 0.5) is 0 Å². The van der Waals surface area contributed by atoms with E-state index in [4.69, 9.17) is 6.42 Å². The summed E-state index contributed by atoms with van der Waals surface area (Å²) in [6.45, 7) is 4.25. The zero-order valence-corrected chi connectivity index (χ0v) is 10.0. The first-order valence-electron chi connectivity index (χ1n) is 5.97. The van der Waals surface area contributed by atoms with Crippen molar-refractivity contribution < 1.29 is 0 Å². The molecule has 1 unspecified atom stereocenters. The average Bonchev–Trinajstić information content (AvgIpc) is 2.79. The van der Waals surface area contributed by atoms with E-state index >= 15 is 0 Å². The Balaban J connectivity index is 1.99. The fourth-order valence-electron chi connectivity index (χ4n) is 1.56. The van der Waals surface area contributed by atoms with Gasteiger partial charge in [-0.05, 0) is 38.8 Å². The molecule has 0 spiro atoms. The van der Waals surface area contributed by atoms with Crippen molar-refractivity contribution >= 4 is 0 Å². The summed E-state index contributed by atoms with van der Waals surface area (Å²) in [6, 6.07) is 2.49. The van der Waals surface area contributed by atoms with Crippen molar-refractivity contribution in [3.63, 3.8) is 0 Å². The second-order valence-corrected chi connectivity index (χ2v) is 4.07. The first-order valence-corrected chi connectivity index (χ1v) is 5.97. The second kappa shape index (κ2) is 7.95. The molecule has 3 heteroatoms. The predicted molar refractivity (Wildman–Crippen MR) is 67.0 cm³/mol. The summed E-state index contributed by atoms with van der Waals surface area (Å²) < 4.78 is 1.97. The lowest BCUT2D eigenvalue weighted by molar-refractivity contribution is 0.453. The van der Waals surface area contributed by atoms with Gasteiger partial charge in [0, 0.05) is 31.4 Å². The van der Waals surface area contributed by atoms with Gasteiger partial charge in [-0.25, -0.2) is 0 Å². The fourth-order valence-corrected chi connectivity index (χ4v) is 1.56. The van der Waals surface area contributed by atoms with Crippen molar-refractivity contribution in [2.45, 2.75) is 45.2 Å². The molecule has 0 aliphatic rings. The van der Waals surface area contributed by atoms with Crippen LogP contribution < -0.4 is 5.32 Å². The second-order valence-electron chi connectivity index (χ2n) is 4.07. The highest BCUT2D eigenvalue weighted by Gasteiger charge is 2.00. The number of rotatable bonds is 8. The molecule has 0 aromatic carbocycles. The first kappa shape index (κ1) is 12.8. The summed E-state index contributed by atoms with van der Waals surface area (Å²) in [7, 11) is 0. The van der Waals surface area contributed by atoms with Gasteiger partial charge in [-0.3, -0.25) is 4.68 Å². The molecule has 16 heavy (non-hydrogen) atoms. The Kier molecular flexibility index (Phi) is 6.36. The molecule has 0 aliphatic carbocycles. The number of terminal acetylenes is 1. The van der Waals surface area contributed by atoms with E-state index in [1.807, 2.05) is 23.1 Å². The molecule has 88 valence electrons. The molecule has 0 radical (unpaired) electrons. The average molecular weight is 219 g/mol. The molecule has 3 nitrogen and oxygen atoms in total. The van der Waals surface area contributed by atoms with Gasteiger partial charge in [-0.1, -0.05) is 0 Å². The van der Waals surface area contributed by atoms with Crippen LogP contribution in [0, 0.1) is 12.3 Å². The van der Waals surface area contributed by atoms with E-state index in [2.05, 4.69) is 23.3 Å². The zero-order chi connectivity index (χ0) is 11.6. The van der Waals surface area contributed by atoms with Gasteiger partial charge in [0.25, 0.3) is 0 Å². The molecule has 0 bridgehead atoms. The van der Waals surface area contributed by atoms with Gasteiger partial charge in [0.2, 0.25) is 0 Å². The Morgan fingerprint density at radius 2 is 2.38 bits per heavy atom. The Morgan fingerprint density at radius 1 is 1.50 bits per heavy atom. The molecule has 1 heterocycles. The van der Waals surface area contributed by atoms with E-state index in [1.54, 1.807) is 0 Å². The summed E-state index contributed by atoms with van der Waals surface area (Å²) in [6.07, 6.45) is 13.3. The molecule has 0 saturated carbocycles. The van der Waals surface area contributed by atoms with E-state index < -0.39 is 0 Å². The summed E-state index contributed by atoms with van der Waals surface area (Å²) in [5, 5.41) is 7.67. The molecular formula is C13H21N3. The topological polar surface area (TPSA) is 29.9 Å². The summed E-state index contributed by atoms with van der Waals surface area (Å²) in [5.74, 6) is 2.66. The van der Waals surface area contributed by atoms with Gasteiger partial charge in [0.05, 0.1) is 0 Å². The minimum absolute atomic E-state index is 0.537. The third-order valence-corrected chi connectivity index (χ3v) is 2.59. The SMILES string of the molecule is C#CCCCCNC(C)CCn1cccn1. The van der Waals surface area contributed by atoms with Crippen LogP contribution in [-0.4, -0.2) is 22.4 Å². The molecule has 0 aliphatic heterocycles. The zero-order valence-electron chi connectivity index (χ0n) is 10.0. The van der Waals surface area contributed by atoms with E-state index in [9.17, 15) is 0 Å².